The molecule has 0 saturated heterocycles. The lowest BCUT2D eigenvalue weighted by Gasteiger charge is -2.28. The van der Waals surface area contributed by atoms with Crippen molar-refractivity contribution in [2.24, 2.45) is 0 Å². The third kappa shape index (κ3) is 1.77. The van der Waals surface area contributed by atoms with Gasteiger partial charge in [-0.25, -0.2) is 0 Å². The van der Waals surface area contributed by atoms with Gasteiger partial charge < -0.3 is 0 Å². The first-order valence-electron chi connectivity index (χ1n) is 5.63. The van der Waals surface area contributed by atoms with Crippen LogP contribution in [0.3, 0.4) is 0 Å². The minimum absolute atomic E-state index is 0.0346. The smallest absolute Gasteiger partial charge is 0.170 e. The molecule has 2 aromatic rings. The number of hydrogen-bond donors (Lipinski definition) is 0. The molecule has 0 N–H and O–H groups in total. The number of rotatable bonds is 2. The highest BCUT2D eigenvalue weighted by Gasteiger charge is 2.31. The van der Waals surface area contributed by atoms with Crippen molar-refractivity contribution in [3.8, 4) is 0 Å². The molecule has 0 spiro atoms. The minimum Gasteiger partial charge on any atom is -0.293 e. The summed E-state index contributed by atoms with van der Waals surface area (Å²) in [6, 6.07) is 15.2. The van der Waals surface area contributed by atoms with Gasteiger partial charge in [-0.1, -0.05) is 35.9 Å². The molecule has 1 unspecified atom stereocenters. The van der Waals surface area contributed by atoms with Crippen molar-refractivity contribution >= 4 is 17.4 Å². The number of ketones is 1. The van der Waals surface area contributed by atoms with Crippen LogP contribution in [0.25, 0.3) is 0 Å². The van der Waals surface area contributed by atoms with Crippen LogP contribution in [-0.4, -0.2) is 5.78 Å². The molecule has 0 radical (unpaired) electrons. The van der Waals surface area contributed by atoms with Crippen LogP contribution in [0.4, 0.5) is 0 Å². The first-order chi connectivity index (χ1) is 8.25. The normalized spacial score (nSPS) is 17.1. The molecule has 0 heterocycles. The fourth-order valence-corrected chi connectivity index (χ4v) is 2.43. The van der Waals surface area contributed by atoms with E-state index in [0.717, 1.165) is 12.0 Å². The Labute approximate surface area is 105 Å². The topological polar surface area (TPSA) is 17.1 Å². The number of fused-ring (bicyclic) bond motifs is 1. The molecule has 0 bridgehead atoms. The molecule has 1 aliphatic carbocycles. The Balaban J connectivity index is 1.88. The predicted molar refractivity (Wildman–Crippen MR) is 68.7 cm³/mol. The van der Waals surface area contributed by atoms with Crippen LogP contribution in [0.5, 0.6) is 0 Å². The van der Waals surface area contributed by atoms with Crippen LogP contribution < -0.4 is 0 Å². The number of carbonyl (C=O) groups excluding carboxylic acids is 1. The van der Waals surface area contributed by atoms with Gasteiger partial charge in [-0.3, -0.25) is 4.79 Å². The maximum Gasteiger partial charge on any atom is 0.170 e. The molecule has 2 aromatic carbocycles. The lowest BCUT2D eigenvalue weighted by atomic mass is 9.74. The number of halogens is 1. The van der Waals surface area contributed by atoms with E-state index in [4.69, 9.17) is 11.6 Å². The molecule has 2 heteroatoms. The van der Waals surface area contributed by atoms with E-state index in [-0.39, 0.29) is 11.7 Å². The van der Waals surface area contributed by atoms with E-state index in [1.807, 2.05) is 18.2 Å². The molecule has 3 rings (SSSR count). The van der Waals surface area contributed by atoms with Crippen LogP contribution in [0.2, 0.25) is 5.02 Å². The summed E-state index contributed by atoms with van der Waals surface area (Å²) in [5.74, 6) is 0.229. The second-order valence-electron chi connectivity index (χ2n) is 4.33. The Morgan fingerprint density at radius 2 is 1.76 bits per heavy atom. The standard InChI is InChI=1S/C15H11ClO/c16-12-7-5-10(6-8-12)15(17)14-9-11-3-1-2-4-13(11)14/h1-8,14H,9H2. The van der Waals surface area contributed by atoms with Gasteiger partial charge in [0.25, 0.3) is 0 Å². The average Bonchev–Trinajstić information content (AvgIpc) is 2.31. The SMILES string of the molecule is O=C(c1ccc(Cl)cc1)C1Cc2ccccc21. The van der Waals surface area contributed by atoms with Gasteiger partial charge in [-0.05, 0) is 41.8 Å². The molecular formula is C15H11ClO. The van der Waals surface area contributed by atoms with Crippen molar-refractivity contribution < 1.29 is 4.79 Å². The third-order valence-electron chi connectivity index (χ3n) is 3.30. The Bertz CT molecular complexity index is 572. The van der Waals surface area contributed by atoms with Crippen LogP contribution in [0.1, 0.15) is 27.4 Å². The highest BCUT2D eigenvalue weighted by atomic mass is 35.5. The molecule has 0 saturated carbocycles. The summed E-state index contributed by atoms with van der Waals surface area (Å²) in [4.78, 5) is 12.3. The summed E-state index contributed by atoms with van der Waals surface area (Å²) in [5, 5.41) is 0.663. The van der Waals surface area contributed by atoms with E-state index in [2.05, 4.69) is 6.07 Å². The number of hydrogen-bond acceptors (Lipinski definition) is 1. The van der Waals surface area contributed by atoms with Crippen molar-refractivity contribution in [3.05, 3.63) is 70.2 Å². The average molecular weight is 243 g/mol. The lowest BCUT2D eigenvalue weighted by molar-refractivity contribution is 0.0949. The van der Waals surface area contributed by atoms with Gasteiger partial charge in [0.2, 0.25) is 0 Å². The summed E-state index contributed by atoms with van der Waals surface area (Å²) >= 11 is 5.81. The molecule has 0 aromatic heterocycles. The van der Waals surface area contributed by atoms with E-state index in [9.17, 15) is 4.79 Å². The summed E-state index contributed by atoms with van der Waals surface area (Å²) in [6.45, 7) is 0. The molecule has 1 aliphatic rings. The summed E-state index contributed by atoms with van der Waals surface area (Å²) in [6.07, 6.45) is 0.859. The fraction of sp³-hybridized carbons (Fsp3) is 0.133. The summed E-state index contributed by atoms with van der Waals surface area (Å²) in [5.41, 5.74) is 3.21. The van der Waals surface area contributed by atoms with E-state index in [1.165, 1.54) is 11.1 Å². The molecule has 1 nitrogen and oxygen atoms in total. The van der Waals surface area contributed by atoms with Crippen molar-refractivity contribution in [2.45, 2.75) is 12.3 Å². The van der Waals surface area contributed by atoms with Gasteiger partial charge in [0.05, 0.1) is 5.92 Å². The predicted octanol–water partition coefficient (Wildman–Crippen LogP) is 3.86. The third-order valence-corrected chi connectivity index (χ3v) is 3.55. The zero-order valence-electron chi connectivity index (χ0n) is 9.19. The minimum atomic E-state index is 0.0346. The monoisotopic (exact) mass is 242 g/mol. The molecule has 1 atom stereocenters. The number of carbonyl (C=O) groups is 1. The Morgan fingerprint density at radius 3 is 2.47 bits per heavy atom. The van der Waals surface area contributed by atoms with Crippen LogP contribution in [0.15, 0.2) is 48.5 Å². The summed E-state index contributed by atoms with van der Waals surface area (Å²) < 4.78 is 0. The molecule has 0 amide bonds. The van der Waals surface area contributed by atoms with Crippen molar-refractivity contribution in [1.29, 1.82) is 0 Å². The highest BCUT2D eigenvalue weighted by Crippen LogP contribution is 2.37. The number of benzene rings is 2. The molecular weight excluding hydrogens is 232 g/mol. The maximum atomic E-state index is 12.3. The zero-order chi connectivity index (χ0) is 11.8. The van der Waals surface area contributed by atoms with E-state index in [0.29, 0.717) is 5.02 Å². The molecule has 17 heavy (non-hydrogen) atoms. The first kappa shape index (κ1) is 10.5. The quantitative estimate of drug-likeness (QED) is 0.731. The molecule has 84 valence electrons. The highest BCUT2D eigenvalue weighted by molar-refractivity contribution is 6.30. The van der Waals surface area contributed by atoms with Crippen LogP contribution in [-0.2, 0) is 6.42 Å². The second kappa shape index (κ2) is 4.01. The molecule has 0 fully saturated rings. The van der Waals surface area contributed by atoms with Crippen molar-refractivity contribution in [1.82, 2.24) is 0 Å². The van der Waals surface area contributed by atoms with E-state index in [1.54, 1.807) is 24.3 Å². The van der Waals surface area contributed by atoms with Gasteiger partial charge in [0, 0.05) is 10.6 Å². The number of Topliss-reactive ketones (excluding diaryl/α,β-unsaturated/α-hetero) is 1. The Hall–Kier alpha value is -1.60. The van der Waals surface area contributed by atoms with Crippen LogP contribution in [0, 0.1) is 0 Å². The van der Waals surface area contributed by atoms with E-state index >= 15 is 0 Å². The largest absolute Gasteiger partial charge is 0.293 e. The van der Waals surface area contributed by atoms with Gasteiger partial charge in [-0.2, -0.15) is 0 Å². The van der Waals surface area contributed by atoms with Gasteiger partial charge in [0.15, 0.2) is 5.78 Å². The maximum absolute atomic E-state index is 12.3. The molecule has 0 aliphatic heterocycles. The second-order valence-corrected chi connectivity index (χ2v) is 4.76. The first-order valence-corrected chi connectivity index (χ1v) is 6.01. The van der Waals surface area contributed by atoms with Crippen LogP contribution >= 0.6 is 11.6 Å². The Kier molecular flexibility index (Phi) is 2.49. The van der Waals surface area contributed by atoms with Gasteiger partial charge in [0.1, 0.15) is 0 Å². The van der Waals surface area contributed by atoms with Gasteiger partial charge in [-0.15, -0.1) is 0 Å². The van der Waals surface area contributed by atoms with Crippen molar-refractivity contribution in [2.75, 3.05) is 0 Å². The van der Waals surface area contributed by atoms with Gasteiger partial charge >= 0.3 is 0 Å². The van der Waals surface area contributed by atoms with Crippen molar-refractivity contribution in [3.63, 3.8) is 0 Å². The fourth-order valence-electron chi connectivity index (χ4n) is 2.31. The zero-order valence-corrected chi connectivity index (χ0v) is 9.95. The lowest BCUT2D eigenvalue weighted by Crippen LogP contribution is -2.25. The Morgan fingerprint density at radius 1 is 1.06 bits per heavy atom. The summed E-state index contributed by atoms with van der Waals surface area (Å²) in [7, 11) is 0. The van der Waals surface area contributed by atoms with E-state index < -0.39 is 0 Å².